The second-order valence-corrected chi connectivity index (χ2v) is 12.0. The highest BCUT2D eigenvalue weighted by Crippen LogP contribution is 2.44. The molecular formula is C43H25N3O. The van der Waals surface area contributed by atoms with Crippen molar-refractivity contribution in [2.45, 2.75) is 0 Å². The number of fused-ring (bicyclic) bond motifs is 10. The standard InChI is InChI=1S/C43H25N3O/c1-44-34-15-10-19-38(41(34)27-21-23-28(24-22-27)45-35-16-6-2-11-29(35)30-12-3-7-17-36(30)45)46-37-18-8-4-14-33(37)42-39(46)26-25-32-31-13-5-9-20-40(31)47-43(32)42/h2-26H. The van der Waals surface area contributed by atoms with Gasteiger partial charge in [-0.15, -0.1) is 0 Å². The van der Waals surface area contributed by atoms with Crippen LogP contribution in [0.3, 0.4) is 0 Å². The normalized spacial score (nSPS) is 11.8. The zero-order chi connectivity index (χ0) is 31.1. The van der Waals surface area contributed by atoms with Gasteiger partial charge < -0.3 is 13.6 Å². The van der Waals surface area contributed by atoms with Gasteiger partial charge in [0.1, 0.15) is 11.2 Å². The van der Waals surface area contributed by atoms with E-state index >= 15 is 0 Å². The number of furan rings is 1. The molecule has 3 aromatic heterocycles. The molecule has 0 fully saturated rings. The maximum atomic E-state index is 8.18. The third-order valence-electron chi connectivity index (χ3n) is 9.56. The van der Waals surface area contributed by atoms with Gasteiger partial charge in [-0.25, -0.2) is 4.85 Å². The lowest BCUT2D eigenvalue weighted by atomic mass is 10.0. The molecule has 0 aliphatic carbocycles. The number of hydrogen-bond acceptors (Lipinski definition) is 1. The van der Waals surface area contributed by atoms with Crippen LogP contribution in [0.15, 0.2) is 156 Å². The number of aromatic nitrogens is 2. The van der Waals surface area contributed by atoms with Gasteiger partial charge in [-0.3, -0.25) is 0 Å². The average Bonchev–Trinajstić information content (AvgIpc) is 3.79. The average molecular weight is 600 g/mol. The molecule has 0 saturated heterocycles. The largest absolute Gasteiger partial charge is 0.455 e. The minimum Gasteiger partial charge on any atom is -0.455 e. The van der Waals surface area contributed by atoms with Crippen molar-refractivity contribution < 1.29 is 4.42 Å². The quantitative estimate of drug-likeness (QED) is 0.186. The van der Waals surface area contributed by atoms with Crippen LogP contribution in [0.4, 0.5) is 5.69 Å². The summed E-state index contributed by atoms with van der Waals surface area (Å²) in [5, 5.41) is 6.88. The molecule has 0 atom stereocenters. The van der Waals surface area contributed by atoms with Crippen LogP contribution < -0.4 is 0 Å². The van der Waals surface area contributed by atoms with Gasteiger partial charge in [0.15, 0.2) is 5.69 Å². The molecule has 10 aromatic rings. The Balaban J connectivity index is 1.22. The Morgan fingerprint density at radius 2 is 1.09 bits per heavy atom. The van der Waals surface area contributed by atoms with E-state index in [9.17, 15) is 0 Å². The lowest BCUT2D eigenvalue weighted by Gasteiger charge is -2.16. The van der Waals surface area contributed by atoms with Gasteiger partial charge in [-0.2, -0.15) is 0 Å². The number of rotatable bonds is 3. The molecule has 218 valence electrons. The summed E-state index contributed by atoms with van der Waals surface area (Å²) in [6.45, 7) is 8.18. The fraction of sp³-hybridized carbons (Fsp3) is 0. The molecular weight excluding hydrogens is 574 g/mol. The van der Waals surface area contributed by atoms with E-state index in [1.807, 2.05) is 24.3 Å². The van der Waals surface area contributed by atoms with Gasteiger partial charge >= 0.3 is 0 Å². The Morgan fingerprint density at radius 3 is 1.79 bits per heavy atom. The van der Waals surface area contributed by atoms with Gasteiger partial charge in [-0.1, -0.05) is 97.1 Å². The molecule has 0 N–H and O–H groups in total. The first-order valence-corrected chi connectivity index (χ1v) is 15.7. The highest BCUT2D eigenvalue weighted by atomic mass is 16.3. The van der Waals surface area contributed by atoms with E-state index in [0.717, 1.165) is 66.2 Å². The predicted octanol–water partition coefficient (Wildman–Crippen LogP) is 12.0. The number of hydrogen-bond donors (Lipinski definition) is 0. The topological polar surface area (TPSA) is 27.4 Å². The Morgan fingerprint density at radius 1 is 0.468 bits per heavy atom. The Labute approximate surface area is 269 Å². The molecule has 0 aliphatic heterocycles. The van der Waals surface area contributed by atoms with Crippen LogP contribution in [-0.4, -0.2) is 9.13 Å². The van der Waals surface area contributed by atoms with Gasteiger partial charge in [0.25, 0.3) is 0 Å². The number of benzene rings is 7. The molecule has 10 rings (SSSR count). The van der Waals surface area contributed by atoms with Crippen molar-refractivity contribution >= 4 is 71.2 Å². The molecule has 0 amide bonds. The Hall–Kier alpha value is -6.57. The lowest BCUT2D eigenvalue weighted by molar-refractivity contribution is 0.673. The summed E-state index contributed by atoms with van der Waals surface area (Å²) < 4.78 is 11.1. The van der Waals surface area contributed by atoms with E-state index in [1.165, 1.54) is 21.8 Å². The monoisotopic (exact) mass is 599 g/mol. The van der Waals surface area contributed by atoms with E-state index in [0.29, 0.717) is 5.69 Å². The van der Waals surface area contributed by atoms with Crippen molar-refractivity contribution in [2.24, 2.45) is 0 Å². The van der Waals surface area contributed by atoms with Gasteiger partial charge in [0.05, 0.1) is 34.0 Å². The van der Waals surface area contributed by atoms with Gasteiger partial charge in [-0.05, 0) is 60.2 Å². The summed E-state index contributed by atoms with van der Waals surface area (Å²) in [5.41, 5.74) is 10.8. The Bertz CT molecular complexity index is 2860. The van der Waals surface area contributed by atoms with Crippen molar-refractivity contribution in [3.05, 3.63) is 163 Å². The van der Waals surface area contributed by atoms with Crippen LogP contribution in [-0.2, 0) is 0 Å². The summed E-state index contributed by atoms with van der Waals surface area (Å²) in [5.74, 6) is 0. The summed E-state index contributed by atoms with van der Waals surface area (Å²) in [7, 11) is 0. The molecule has 0 saturated carbocycles. The molecule has 0 aliphatic rings. The number of para-hydroxylation sites is 4. The van der Waals surface area contributed by atoms with E-state index in [4.69, 9.17) is 11.0 Å². The zero-order valence-corrected chi connectivity index (χ0v) is 25.2. The fourth-order valence-corrected chi connectivity index (χ4v) is 7.58. The highest BCUT2D eigenvalue weighted by Gasteiger charge is 2.21. The molecule has 4 heteroatoms. The molecule has 3 heterocycles. The van der Waals surface area contributed by atoms with E-state index < -0.39 is 0 Å². The molecule has 0 spiro atoms. The van der Waals surface area contributed by atoms with Crippen molar-refractivity contribution in [3.8, 4) is 22.5 Å². The Kier molecular flexibility index (Phi) is 5.32. The molecule has 47 heavy (non-hydrogen) atoms. The van der Waals surface area contributed by atoms with Crippen LogP contribution >= 0.6 is 0 Å². The first kappa shape index (κ1) is 25.7. The molecule has 0 unspecified atom stereocenters. The molecule has 0 radical (unpaired) electrons. The van der Waals surface area contributed by atoms with Crippen molar-refractivity contribution in [1.29, 1.82) is 0 Å². The van der Waals surface area contributed by atoms with Crippen molar-refractivity contribution in [3.63, 3.8) is 0 Å². The maximum absolute atomic E-state index is 8.18. The maximum Gasteiger partial charge on any atom is 0.196 e. The molecule has 0 bridgehead atoms. The minimum atomic E-state index is 0.614. The predicted molar refractivity (Wildman–Crippen MR) is 194 cm³/mol. The van der Waals surface area contributed by atoms with E-state index in [2.05, 4.69) is 141 Å². The van der Waals surface area contributed by atoms with E-state index in [-0.39, 0.29) is 0 Å². The van der Waals surface area contributed by atoms with Crippen LogP contribution in [0.25, 0.3) is 92.9 Å². The van der Waals surface area contributed by atoms with Crippen LogP contribution in [0.2, 0.25) is 0 Å². The SMILES string of the molecule is [C-]#[N+]c1cccc(-n2c3ccccc3c3c4oc5ccccc5c4ccc32)c1-c1ccc(-n2c3ccccc3c3ccccc32)cc1. The highest BCUT2D eigenvalue weighted by molar-refractivity contribution is 6.24. The smallest absolute Gasteiger partial charge is 0.196 e. The fourth-order valence-electron chi connectivity index (χ4n) is 7.58. The molecule has 4 nitrogen and oxygen atoms in total. The third-order valence-corrected chi connectivity index (χ3v) is 9.56. The summed E-state index contributed by atoms with van der Waals surface area (Å²) in [6.07, 6.45) is 0. The zero-order valence-electron chi connectivity index (χ0n) is 25.2. The lowest BCUT2D eigenvalue weighted by Crippen LogP contribution is -1.98. The van der Waals surface area contributed by atoms with Crippen LogP contribution in [0, 0.1) is 6.57 Å². The van der Waals surface area contributed by atoms with Crippen molar-refractivity contribution in [1.82, 2.24) is 9.13 Å². The molecule has 7 aromatic carbocycles. The van der Waals surface area contributed by atoms with Gasteiger partial charge in [0, 0.05) is 43.9 Å². The minimum absolute atomic E-state index is 0.614. The first-order valence-electron chi connectivity index (χ1n) is 15.7. The summed E-state index contributed by atoms with van der Waals surface area (Å²) in [4.78, 5) is 4.02. The third kappa shape index (κ3) is 3.57. The van der Waals surface area contributed by atoms with Crippen LogP contribution in [0.5, 0.6) is 0 Å². The van der Waals surface area contributed by atoms with Crippen molar-refractivity contribution in [2.75, 3.05) is 0 Å². The first-order chi connectivity index (χ1) is 23.3. The van der Waals surface area contributed by atoms with E-state index in [1.54, 1.807) is 0 Å². The second kappa shape index (κ2) is 9.71. The second-order valence-electron chi connectivity index (χ2n) is 12.0. The van der Waals surface area contributed by atoms with Crippen LogP contribution in [0.1, 0.15) is 0 Å². The number of nitrogens with zero attached hydrogens (tertiary/aromatic N) is 3. The van der Waals surface area contributed by atoms with Gasteiger partial charge in [0.2, 0.25) is 0 Å². The summed E-state index contributed by atoms with van der Waals surface area (Å²) in [6, 6.07) is 52.8. The summed E-state index contributed by atoms with van der Waals surface area (Å²) >= 11 is 0.